The first-order valence-electron chi connectivity index (χ1n) is 5.69. The number of aliphatic carboxylic acids is 1. The maximum atomic E-state index is 11.7. The Morgan fingerprint density at radius 1 is 1.53 bits per heavy atom. The smallest absolute Gasteiger partial charge is 0.326 e. The van der Waals surface area contributed by atoms with Gasteiger partial charge >= 0.3 is 12.0 Å². The lowest BCUT2D eigenvalue weighted by Gasteiger charge is -2.31. The van der Waals surface area contributed by atoms with Crippen molar-refractivity contribution in [3.8, 4) is 0 Å². The Kier molecular flexibility index (Phi) is 5.17. The molecule has 0 aromatic heterocycles. The molecule has 0 aromatic carbocycles. The molecule has 1 unspecified atom stereocenters. The van der Waals surface area contributed by atoms with Crippen molar-refractivity contribution < 1.29 is 19.8 Å². The Balaban J connectivity index is 2.48. The van der Waals surface area contributed by atoms with Crippen LogP contribution in [-0.2, 0) is 4.79 Å². The monoisotopic (exact) mass is 245 g/mol. The second-order valence-corrected chi connectivity index (χ2v) is 4.20. The minimum absolute atomic E-state index is 0.000959. The zero-order valence-electron chi connectivity index (χ0n) is 9.63. The lowest BCUT2D eigenvalue weighted by molar-refractivity contribution is -0.139. The van der Waals surface area contributed by atoms with E-state index in [0.29, 0.717) is 13.1 Å². The molecule has 0 aromatic rings. The van der Waals surface area contributed by atoms with E-state index in [2.05, 4.69) is 5.32 Å². The predicted molar refractivity (Wildman–Crippen MR) is 60.4 cm³/mol. The maximum absolute atomic E-state index is 11.7. The zero-order valence-corrected chi connectivity index (χ0v) is 9.63. The first-order chi connectivity index (χ1) is 8.04. The Hall–Kier alpha value is -1.34. The lowest BCUT2D eigenvalue weighted by atomic mass is 10.1. The number of nitrogens with two attached hydrogens (primary N) is 1. The van der Waals surface area contributed by atoms with Gasteiger partial charge in [-0.1, -0.05) is 0 Å². The van der Waals surface area contributed by atoms with Crippen LogP contribution in [0.5, 0.6) is 0 Å². The number of piperidine rings is 1. The molecule has 98 valence electrons. The molecule has 0 saturated carbocycles. The molecular formula is C10H19N3O4. The number of hydrogen-bond acceptors (Lipinski definition) is 4. The van der Waals surface area contributed by atoms with E-state index in [1.54, 1.807) is 0 Å². The molecule has 1 heterocycles. The van der Waals surface area contributed by atoms with Gasteiger partial charge < -0.3 is 26.2 Å². The van der Waals surface area contributed by atoms with Crippen LogP contribution in [0.1, 0.15) is 19.3 Å². The van der Waals surface area contributed by atoms with E-state index in [0.717, 1.165) is 12.8 Å². The van der Waals surface area contributed by atoms with Crippen LogP contribution in [0.25, 0.3) is 0 Å². The molecule has 1 saturated heterocycles. The molecule has 1 fully saturated rings. The van der Waals surface area contributed by atoms with Gasteiger partial charge in [-0.2, -0.15) is 0 Å². The fourth-order valence-electron chi connectivity index (χ4n) is 1.82. The molecule has 0 bridgehead atoms. The van der Waals surface area contributed by atoms with Crippen molar-refractivity contribution in [2.45, 2.75) is 31.3 Å². The van der Waals surface area contributed by atoms with Gasteiger partial charge in [-0.25, -0.2) is 9.59 Å². The van der Waals surface area contributed by atoms with Crippen molar-refractivity contribution in [2.24, 2.45) is 5.73 Å². The van der Waals surface area contributed by atoms with Gasteiger partial charge in [-0.3, -0.25) is 0 Å². The normalized spacial score (nSPS) is 22.0. The molecule has 1 aliphatic heterocycles. The number of urea groups is 1. The van der Waals surface area contributed by atoms with Gasteiger partial charge in [0.15, 0.2) is 0 Å². The largest absolute Gasteiger partial charge is 0.480 e. The van der Waals surface area contributed by atoms with E-state index in [9.17, 15) is 9.59 Å². The van der Waals surface area contributed by atoms with Crippen molar-refractivity contribution in [3.63, 3.8) is 0 Å². The number of carbonyl (C=O) groups is 2. The SMILES string of the molecule is NC1CCCN(C(=O)N[C@@H](CCO)C(=O)O)C1. The number of amides is 2. The highest BCUT2D eigenvalue weighted by Crippen LogP contribution is 2.08. The number of carboxylic acids is 1. The number of hydrogen-bond donors (Lipinski definition) is 4. The predicted octanol–water partition coefficient (Wildman–Crippen LogP) is -1.05. The molecule has 0 spiro atoms. The Bertz CT molecular complexity index is 285. The molecule has 2 amide bonds. The summed E-state index contributed by atoms with van der Waals surface area (Å²) in [6, 6.07) is -1.53. The summed E-state index contributed by atoms with van der Waals surface area (Å²) >= 11 is 0. The van der Waals surface area contributed by atoms with Crippen molar-refractivity contribution in [3.05, 3.63) is 0 Å². The van der Waals surface area contributed by atoms with Crippen LogP contribution >= 0.6 is 0 Å². The van der Waals surface area contributed by atoms with Crippen molar-refractivity contribution in [1.82, 2.24) is 10.2 Å². The summed E-state index contributed by atoms with van der Waals surface area (Å²) < 4.78 is 0. The highest BCUT2D eigenvalue weighted by Gasteiger charge is 2.25. The third kappa shape index (κ3) is 4.20. The third-order valence-corrected chi connectivity index (χ3v) is 2.76. The molecular weight excluding hydrogens is 226 g/mol. The summed E-state index contributed by atoms with van der Waals surface area (Å²) in [4.78, 5) is 24.1. The number of aliphatic hydroxyl groups is 1. The third-order valence-electron chi connectivity index (χ3n) is 2.76. The molecule has 1 rings (SSSR count). The first kappa shape index (κ1) is 13.7. The summed E-state index contributed by atoms with van der Waals surface area (Å²) in [6.45, 7) is 0.749. The van der Waals surface area contributed by atoms with E-state index >= 15 is 0 Å². The van der Waals surface area contributed by atoms with Crippen LogP contribution < -0.4 is 11.1 Å². The van der Waals surface area contributed by atoms with Gasteiger partial charge in [0.1, 0.15) is 6.04 Å². The van der Waals surface area contributed by atoms with E-state index in [4.69, 9.17) is 15.9 Å². The molecule has 7 heteroatoms. The number of nitrogens with zero attached hydrogens (tertiary/aromatic N) is 1. The van der Waals surface area contributed by atoms with E-state index in [-0.39, 0.29) is 19.1 Å². The Morgan fingerprint density at radius 2 is 2.24 bits per heavy atom. The number of carboxylic acid groups (broad SMARTS) is 1. The maximum Gasteiger partial charge on any atom is 0.326 e. The molecule has 5 N–H and O–H groups in total. The minimum Gasteiger partial charge on any atom is -0.480 e. The number of rotatable bonds is 4. The fourth-order valence-corrected chi connectivity index (χ4v) is 1.82. The lowest BCUT2D eigenvalue weighted by Crippen LogP contribution is -2.53. The molecule has 1 aliphatic rings. The van der Waals surface area contributed by atoms with Gasteiger partial charge in [0.2, 0.25) is 0 Å². The van der Waals surface area contributed by atoms with E-state index < -0.39 is 18.0 Å². The van der Waals surface area contributed by atoms with Crippen molar-refractivity contribution >= 4 is 12.0 Å². The van der Waals surface area contributed by atoms with Gasteiger partial charge in [0.05, 0.1) is 0 Å². The van der Waals surface area contributed by atoms with Crippen LogP contribution in [0.2, 0.25) is 0 Å². The van der Waals surface area contributed by atoms with Crippen LogP contribution in [0.3, 0.4) is 0 Å². The van der Waals surface area contributed by atoms with Crippen LogP contribution in [0, 0.1) is 0 Å². The Labute approximate surface area is 99.6 Å². The van der Waals surface area contributed by atoms with Gasteiger partial charge in [-0.15, -0.1) is 0 Å². The number of aliphatic hydroxyl groups excluding tert-OH is 1. The molecule has 2 atom stereocenters. The Morgan fingerprint density at radius 3 is 2.76 bits per heavy atom. The van der Waals surface area contributed by atoms with Crippen LogP contribution in [0.15, 0.2) is 0 Å². The zero-order chi connectivity index (χ0) is 12.8. The second kappa shape index (κ2) is 6.41. The highest BCUT2D eigenvalue weighted by molar-refractivity contribution is 5.82. The molecule has 17 heavy (non-hydrogen) atoms. The highest BCUT2D eigenvalue weighted by atomic mass is 16.4. The topological polar surface area (TPSA) is 116 Å². The summed E-state index contributed by atoms with van der Waals surface area (Å²) in [5, 5.41) is 19.9. The van der Waals surface area contributed by atoms with Crippen LogP contribution in [-0.4, -0.2) is 58.9 Å². The van der Waals surface area contributed by atoms with E-state index in [1.807, 2.05) is 0 Å². The second-order valence-electron chi connectivity index (χ2n) is 4.20. The number of nitrogens with one attached hydrogen (secondary N) is 1. The van der Waals surface area contributed by atoms with Crippen molar-refractivity contribution in [2.75, 3.05) is 19.7 Å². The van der Waals surface area contributed by atoms with Gasteiger partial charge in [0.25, 0.3) is 0 Å². The standard InChI is InChI=1S/C10H19N3O4/c11-7-2-1-4-13(6-7)10(17)12-8(3-5-14)9(15)16/h7-8,14H,1-6,11H2,(H,12,17)(H,15,16)/t7?,8-/m0/s1. The van der Waals surface area contributed by atoms with Gasteiger partial charge in [-0.05, 0) is 12.8 Å². The van der Waals surface area contributed by atoms with Gasteiger partial charge in [0, 0.05) is 32.2 Å². The fraction of sp³-hybridized carbons (Fsp3) is 0.800. The summed E-state index contributed by atoms with van der Waals surface area (Å²) in [6.07, 6.45) is 1.70. The number of likely N-dealkylation sites (tertiary alicyclic amines) is 1. The molecule has 0 aliphatic carbocycles. The number of carbonyl (C=O) groups excluding carboxylic acids is 1. The summed E-state index contributed by atoms with van der Waals surface area (Å²) in [5.41, 5.74) is 5.73. The average molecular weight is 245 g/mol. The van der Waals surface area contributed by atoms with E-state index in [1.165, 1.54) is 4.90 Å². The van der Waals surface area contributed by atoms with Crippen LogP contribution in [0.4, 0.5) is 4.79 Å². The summed E-state index contributed by atoms with van der Waals surface area (Å²) in [7, 11) is 0. The quantitative estimate of drug-likeness (QED) is 0.504. The summed E-state index contributed by atoms with van der Waals surface area (Å²) in [5.74, 6) is -1.14. The van der Waals surface area contributed by atoms with Crippen molar-refractivity contribution in [1.29, 1.82) is 0 Å². The first-order valence-corrected chi connectivity index (χ1v) is 5.69. The molecule has 7 nitrogen and oxygen atoms in total. The molecule has 0 radical (unpaired) electrons. The minimum atomic E-state index is -1.14. The average Bonchev–Trinajstić information content (AvgIpc) is 2.28.